The lowest BCUT2D eigenvalue weighted by atomic mass is 10.2. The van der Waals surface area contributed by atoms with Crippen LogP contribution in [-0.4, -0.2) is 26.5 Å². The van der Waals surface area contributed by atoms with Gasteiger partial charge in [0, 0.05) is 29.4 Å². The van der Waals surface area contributed by atoms with Crippen molar-refractivity contribution < 1.29 is 18.3 Å². The minimum atomic E-state index is -4.50. The summed E-state index contributed by atoms with van der Waals surface area (Å²) in [5.41, 5.74) is -0.918. The molecule has 0 saturated heterocycles. The number of aryl methyl sites for hydroxylation is 1. The molecule has 0 radical (unpaired) electrons. The Morgan fingerprint density at radius 2 is 2.16 bits per heavy atom. The fourth-order valence-electron chi connectivity index (χ4n) is 1.72. The molecule has 8 heteroatoms. The highest BCUT2D eigenvalue weighted by Crippen LogP contribution is 2.31. The lowest BCUT2D eigenvalue weighted by molar-refractivity contribution is -0.142. The maximum Gasteiger partial charge on any atom is 0.435 e. The van der Waals surface area contributed by atoms with Gasteiger partial charge in [-0.15, -0.1) is 11.3 Å². The first-order chi connectivity index (χ1) is 8.90. The van der Waals surface area contributed by atoms with E-state index in [9.17, 15) is 13.2 Å². The topological polar surface area (TPSA) is 50.9 Å². The van der Waals surface area contributed by atoms with Crippen LogP contribution in [-0.2, 0) is 19.1 Å². The van der Waals surface area contributed by atoms with E-state index in [2.05, 4.69) is 10.1 Å². The van der Waals surface area contributed by atoms with Gasteiger partial charge in [-0.2, -0.15) is 18.3 Å². The molecule has 0 aliphatic heterocycles. The Bertz CT molecular complexity index is 562. The molecular weight excluding hydrogens is 279 g/mol. The molecule has 1 N–H and O–H groups in total. The summed E-state index contributed by atoms with van der Waals surface area (Å²) in [5.74, 6) is 0. The van der Waals surface area contributed by atoms with Crippen molar-refractivity contribution >= 4 is 11.3 Å². The van der Waals surface area contributed by atoms with Crippen molar-refractivity contribution in [3.05, 3.63) is 33.5 Å². The highest BCUT2D eigenvalue weighted by Gasteiger charge is 2.36. The van der Waals surface area contributed by atoms with Gasteiger partial charge < -0.3 is 5.11 Å². The number of alkyl halides is 3. The largest absolute Gasteiger partial charge is 0.435 e. The number of halogens is 3. The Balaban J connectivity index is 2.27. The number of hydrogen-bond donors (Lipinski definition) is 1. The van der Waals surface area contributed by atoms with E-state index >= 15 is 0 Å². The molecule has 0 aliphatic carbocycles. The van der Waals surface area contributed by atoms with Crippen LogP contribution in [0.3, 0.4) is 0 Å². The molecule has 0 unspecified atom stereocenters. The van der Waals surface area contributed by atoms with Crippen LogP contribution in [0, 0.1) is 6.92 Å². The van der Waals surface area contributed by atoms with Gasteiger partial charge in [0.15, 0.2) is 5.69 Å². The van der Waals surface area contributed by atoms with E-state index in [0.717, 1.165) is 9.88 Å². The maximum absolute atomic E-state index is 12.8. The minimum absolute atomic E-state index is 0.0104. The van der Waals surface area contributed by atoms with Crippen LogP contribution in [0.25, 0.3) is 0 Å². The van der Waals surface area contributed by atoms with Gasteiger partial charge in [0.2, 0.25) is 0 Å². The number of aromatic nitrogens is 3. The molecule has 104 valence electrons. The number of nitrogens with zero attached hydrogens (tertiary/aromatic N) is 3. The summed E-state index contributed by atoms with van der Waals surface area (Å²) >= 11 is 1.42. The van der Waals surface area contributed by atoms with Gasteiger partial charge in [-0.3, -0.25) is 4.68 Å². The van der Waals surface area contributed by atoms with Gasteiger partial charge in [0.1, 0.15) is 0 Å². The van der Waals surface area contributed by atoms with Crippen LogP contribution in [0.4, 0.5) is 13.2 Å². The van der Waals surface area contributed by atoms with Crippen molar-refractivity contribution in [1.82, 2.24) is 14.8 Å². The third-order valence-electron chi connectivity index (χ3n) is 2.47. The van der Waals surface area contributed by atoms with Crippen molar-refractivity contribution in [3.63, 3.8) is 0 Å². The third-order valence-corrected chi connectivity index (χ3v) is 3.37. The Hall–Kier alpha value is -1.41. The molecule has 2 aromatic rings. The molecular formula is C11H12F3N3OS. The molecule has 0 bridgehead atoms. The molecule has 0 spiro atoms. The Labute approximate surface area is 111 Å². The van der Waals surface area contributed by atoms with Gasteiger partial charge >= 0.3 is 6.18 Å². The van der Waals surface area contributed by atoms with Gasteiger partial charge in [-0.05, 0) is 13.3 Å². The second-order valence-electron chi connectivity index (χ2n) is 4.02. The zero-order chi connectivity index (χ0) is 14.0. The summed E-state index contributed by atoms with van der Waals surface area (Å²) in [7, 11) is 0. The molecule has 0 aliphatic rings. The van der Waals surface area contributed by atoms with Crippen molar-refractivity contribution in [2.45, 2.75) is 26.1 Å². The van der Waals surface area contributed by atoms with E-state index in [1.807, 2.05) is 6.92 Å². The number of aliphatic hydroxyl groups is 1. The average molecular weight is 291 g/mol. The second kappa shape index (κ2) is 5.30. The lowest BCUT2D eigenvalue weighted by Crippen LogP contribution is -2.10. The molecule has 0 fully saturated rings. The standard InChI is InChI=1S/C11H12F3N3OS/c1-7-15-4-9(19-7)6-17-5-8(2-3-18)10(16-17)11(12,13)14/h4-5,18H,2-3,6H2,1H3. The van der Waals surface area contributed by atoms with Gasteiger partial charge in [-0.1, -0.05) is 0 Å². The van der Waals surface area contributed by atoms with E-state index in [4.69, 9.17) is 5.11 Å². The van der Waals surface area contributed by atoms with Crippen LogP contribution in [0.15, 0.2) is 12.4 Å². The maximum atomic E-state index is 12.8. The molecule has 0 saturated carbocycles. The van der Waals surface area contributed by atoms with E-state index < -0.39 is 11.9 Å². The summed E-state index contributed by atoms with van der Waals surface area (Å²) in [6, 6.07) is 0. The third kappa shape index (κ3) is 3.32. The fourth-order valence-corrected chi connectivity index (χ4v) is 2.51. The van der Waals surface area contributed by atoms with Gasteiger partial charge in [0.25, 0.3) is 0 Å². The molecule has 0 amide bonds. The van der Waals surface area contributed by atoms with Crippen molar-refractivity contribution in [2.75, 3.05) is 6.61 Å². The molecule has 2 rings (SSSR count). The van der Waals surface area contributed by atoms with Crippen LogP contribution < -0.4 is 0 Å². The van der Waals surface area contributed by atoms with E-state index in [1.54, 1.807) is 6.20 Å². The minimum Gasteiger partial charge on any atom is -0.396 e. The predicted octanol–water partition coefficient (Wildman–Crippen LogP) is 2.25. The highest BCUT2D eigenvalue weighted by molar-refractivity contribution is 7.11. The molecule has 0 atom stereocenters. The first-order valence-corrected chi connectivity index (χ1v) is 6.37. The van der Waals surface area contributed by atoms with E-state index in [1.165, 1.54) is 22.2 Å². The summed E-state index contributed by atoms with van der Waals surface area (Å²) in [6.07, 6.45) is -1.61. The Kier molecular flexibility index (Phi) is 3.91. The Morgan fingerprint density at radius 1 is 1.42 bits per heavy atom. The second-order valence-corrected chi connectivity index (χ2v) is 5.34. The number of hydrogen-bond acceptors (Lipinski definition) is 4. The molecule has 4 nitrogen and oxygen atoms in total. The van der Waals surface area contributed by atoms with Crippen LogP contribution in [0.5, 0.6) is 0 Å². The molecule has 2 heterocycles. The molecule has 2 aromatic heterocycles. The quantitative estimate of drug-likeness (QED) is 0.940. The summed E-state index contributed by atoms with van der Waals surface area (Å²) in [6.45, 7) is 1.74. The summed E-state index contributed by atoms with van der Waals surface area (Å²) < 4.78 is 39.5. The van der Waals surface area contributed by atoms with Crippen molar-refractivity contribution in [1.29, 1.82) is 0 Å². The monoisotopic (exact) mass is 291 g/mol. The molecule has 0 aromatic carbocycles. The summed E-state index contributed by atoms with van der Waals surface area (Å²) in [4.78, 5) is 4.88. The van der Waals surface area contributed by atoms with Crippen molar-refractivity contribution in [2.24, 2.45) is 0 Å². The zero-order valence-corrected chi connectivity index (χ0v) is 10.9. The Morgan fingerprint density at radius 3 is 2.68 bits per heavy atom. The SMILES string of the molecule is Cc1ncc(Cn2cc(CCO)c(C(F)(F)F)n2)s1. The smallest absolute Gasteiger partial charge is 0.396 e. The zero-order valence-electron chi connectivity index (χ0n) is 10.1. The normalized spacial score (nSPS) is 12.1. The number of aliphatic hydroxyl groups excluding tert-OH is 1. The van der Waals surface area contributed by atoms with Crippen LogP contribution in [0.1, 0.15) is 21.1 Å². The summed E-state index contributed by atoms with van der Waals surface area (Å²) in [5, 5.41) is 13.2. The first kappa shape index (κ1) is 14.0. The number of rotatable bonds is 4. The average Bonchev–Trinajstić information content (AvgIpc) is 2.86. The predicted molar refractivity (Wildman–Crippen MR) is 64.0 cm³/mol. The fraction of sp³-hybridized carbons (Fsp3) is 0.455. The van der Waals surface area contributed by atoms with Gasteiger partial charge in [-0.25, -0.2) is 4.98 Å². The molecule has 19 heavy (non-hydrogen) atoms. The first-order valence-electron chi connectivity index (χ1n) is 5.56. The highest BCUT2D eigenvalue weighted by atomic mass is 32.1. The number of thiazole rings is 1. The van der Waals surface area contributed by atoms with Gasteiger partial charge in [0.05, 0.1) is 11.6 Å². The van der Waals surface area contributed by atoms with E-state index in [-0.39, 0.29) is 25.1 Å². The van der Waals surface area contributed by atoms with Crippen molar-refractivity contribution in [3.8, 4) is 0 Å². The van der Waals surface area contributed by atoms with E-state index in [0.29, 0.717) is 0 Å². The van der Waals surface area contributed by atoms with Crippen LogP contribution >= 0.6 is 11.3 Å². The van der Waals surface area contributed by atoms with Crippen LogP contribution in [0.2, 0.25) is 0 Å². The lowest BCUT2D eigenvalue weighted by Gasteiger charge is -2.04.